The molecule has 0 aliphatic heterocycles. The van der Waals surface area contributed by atoms with Crippen LogP contribution in [0, 0.1) is 6.92 Å². The van der Waals surface area contributed by atoms with Crippen LogP contribution in [0.25, 0.3) is 11.4 Å². The summed E-state index contributed by atoms with van der Waals surface area (Å²) in [5, 5.41) is 11.4. The lowest BCUT2D eigenvalue weighted by Crippen LogP contribution is -2.23. The van der Waals surface area contributed by atoms with Gasteiger partial charge in [0.25, 0.3) is 0 Å². The van der Waals surface area contributed by atoms with Gasteiger partial charge in [0.15, 0.2) is 11.0 Å². The molecule has 0 aliphatic carbocycles. The molecule has 1 aromatic carbocycles. The van der Waals surface area contributed by atoms with E-state index in [4.69, 9.17) is 10.2 Å². The third-order valence-electron chi connectivity index (χ3n) is 4.02. The van der Waals surface area contributed by atoms with Crippen LogP contribution in [0.1, 0.15) is 23.0 Å². The number of nitrogens with one attached hydrogen (secondary N) is 1. The van der Waals surface area contributed by atoms with Crippen molar-refractivity contribution in [2.24, 2.45) is 12.8 Å². The molecule has 3 N–H and O–H groups in total. The van der Waals surface area contributed by atoms with E-state index in [1.807, 2.05) is 24.6 Å². The molecule has 0 spiro atoms. The highest BCUT2D eigenvalue weighted by atomic mass is 32.2. The number of hydrogen-bond acceptors (Lipinski definition) is 6. The Labute approximate surface area is 160 Å². The molecule has 0 aliphatic rings. The number of carbonyl (C=O) groups excluding carboxylic acids is 2. The van der Waals surface area contributed by atoms with Crippen molar-refractivity contribution in [2.45, 2.75) is 24.3 Å². The molecule has 0 saturated heterocycles. The zero-order valence-electron chi connectivity index (χ0n) is 15.1. The van der Waals surface area contributed by atoms with Crippen LogP contribution in [0.4, 0.5) is 5.69 Å². The zero-order valence-corrected chi connectivity index (χ0v) is 15.9. The summed E-state index contributed by atoms with van der Waals surface area (Å²) in [7, 11) is 1.84. The summed E-state index contributed by atoms with van der Waals surface area (Å²) < 4.78 is 7.14. The number of rotatable bonds is 6. The van der Waals surface area contributed by atoms with E-state index in [1.54, 1.807) is 37.5 Å². The molecule has 3 aromatic rings. The summed E-state index contributed by atoms with van der Waals surface area (Å²) >= 11 is 1.30. The molecule has 1 atom stereocenters. The predicted octanol–water partition coefficient (Wildman–Crippen LogP) is 2.60. The number of nitrogens with zero attached hydrogens (tertiary/aromatic N) is 3. The monoisotopic (exact) mass is 385 g/mol. The maximum atomic E-state index is 12.4. The summed E-state index contributed by atoms with van der Waals surface area (Å²) in [4.78, 5) is 23.5. The first-order valence-corrected chi connectivity index (χ1v) is 9.06. The quantitative estimate of drug-likeness (QED) is 0.630. The fourth-order valence-corrected chi connectivity index (χ4v) is 3.26. The Morgan fingerprint density at radius 2 is 1.93 bits per heavy atom. The predicted molar refractivity (Wildman–Crippen MR) is 102 cm³/mol. The topological polar surface area (TPSA) is 116 Å². The highest BCUT2D eigenvalue weighted by Gasteiger charge is 2.20. The van der Waals surface area contributed by atoms with Gasteiger partial charge in [0, 0.05) is 18.3 Å². The lowest BCUT2D eigenvalue weighted by molar-refractivity contribution is -0.115. The van der Waals surface area contributed by atoms with Crippen LogP contribution in [0.3, 0.4) is 0 Å². The van der Waals surface area contributed by atoms with E-state index >= 15 is 0 Å². The Morgan fingerprint density at radius 3 is 2.52 bits per heavy atom. The molecule has 27 heavy (non-hydrogen) atoms. The van der Waals surface area contributed by atoms with Crippen LogP contribution in [0.2, 0.25) is 0 Å². The standard InChI is InChI=1S/C18H19N5O3S/c1-10-14(8-9-26-10)16-21-22-18(23(16)3)27-11(2)17(25)20-13-6-4-12(5-7-13)15(19)24/h4-9,11H,1-3H3,(H2,19,24)(H,20,25). The zero-order chi connectivity index (χ0) is 19.6. The van der Waals surface area contributed by atoms with Crippen molar-refractivity contribution < 1.29 is 14.0 Å². The van der Waals surface area contributed by atoms with Gasteiger partial charge in [0.05, 0.1) is 17.1 Å². The van der Waals surface area contributed by atoms with E-state index in [0.717, 1.165) is 11.3 Å². The average molecular weight is 385 g/mol. The molecular weight excluding hydrogens is 366 g/mol. The van der Waals surface area contributed by atoms with Gasteiger partial charge in [-0.05, 0) is 44.2 Å². The number of furan rings is 1. The van der Waals surface area contributed by atoms with Crippen LogP contribution in [0.5, 0.6) is 0 Å². The molecule has 0 bridgehead atoms. The van der Waals surface area contributed by atoms with Gasteiger partial charge >= 0.3 is 0 Å². The Hall–Kier alpha value is -3.07. The number of hydrogen-bond donors (Lipinski definition) is 2. The Morgan fingerprint density at radius 1 is 1.22 bits per heavy atom. The van der Waals surface area contributed by atoms with Crippen LogP contribution < -0.4 is 11.1 Å². The lowest BCUT2D eigenvalue weighted by atomic mass is 10.2. The molecule has 2 amide bonds. The van der Waals surface area contributed by atoms with Crippen LogP contribution in [-0.4, -0.2) is 31.8 Å². The first-order valence-electron chi connectivity index (χ1n) is 8.18. The first-order chi connectivity index (χ1) is 12.9. The second-order valence-electron chi connectivity index (χ2n) is 5.95. The number of carbonyl (C=O) groups is 2. The van der Waals surface area contributed by atoms with Gasteiger partial charge < -0.3 is 20.0 Å². The number of nitrogens with two attached hydrogens (primary N) is 1. The van der Waals surface area contributed by atoms with Crippen LogP contribution in [-0.2, 0) is 11.8 Å². The molecule has 0 fully saturated rings. The summed E-state index contributed by atoms with van der Waals surface area (Å²) in [6.07, 6.45) is 1.60. The molecule has 2 heterocycles. The lowest BCUT2D eigenvalue weighted by Gasteiger charge is -2.12. The second-order valence-corrected chi connectivity index (χ2v) is 7.25. The van der Waals surface area contributed by atoms with Crippen molar-refractivity contribution in [3.8, 4) is 11.4 Å². The molecular formula is C18H19N5O3S. The maximum absolute atomic E-state index is 12.4. The molecule has 1 unspecified atom stereocenters. The SMILES string of the molecule is Cc1occc1-c1nnc(SC(C)C(=O)Nc2ccc(C(N)=O)cc2)n1C. The number of aryl methyl sites for hydroxylation is 1. The Bertz CT molecular complexity index is 977. The van der Waals surface area contributed by atoms with Crippen LogP contribution in [0.15, 0.2) is 46.2 Å². The van der Waals surface area contributed by atoms with E-state index in [1.165, 1.54) is 11.8 Å². The van der Waals surface area contributed by atoms with Crippen molar-refractivity contribution in [3.05, 3.63) is 47.9 Å². The highest BCUT2D eigenvalue weighted by Crippen LogP contribution is 2.28. The van der Waals surface area contributed by atoms with E-state index < -0.39 is 11.2 Å². The van der Waals surface area contributed by atoms with Crippen molar-refractivity contribution in [1.29, 1.82) is 0 Å². The van der Waals surface area contributed by atoms with Gasteiger partial charge in [-0.3, -0.25) is 9.59 Å². The number of thioether (sulfide) groups is 1. The van der Waals surface area contributed by atoms with Crippen molar-refractivity contribution in [1.82, 2.24) is 14.8 Å². The first kappa shape index (κ1) is 18.7. The summed E-state index contributed by atoms with van der Waals surface area (Å²) in [5.41, 5.74) is 7.05. The third-order valence-corrected chi connectivity index (χ3v) is 5.16. The molecule has 140 valence electrons. The summed E-state index contributed by atoms with van der Waals surface area (Å²) in [5.74, 6) is 0.740. The minimum absolute atomic E-state index is 0.184. The highest BCUT2D eigenvalue weighted by molar-refractivity contribution is 8.00. The molecule has 9 heteroatoms. The number of amides is 2. The normalized spacial score (nSPS) is 12.0. The Balaban J connectivity index is 1.67. The molecule has 0 radical (unpaired) electrons. The average Bonchev–Trinajstić information content (AvgIpc) is 3.21. The van der Waals surface area contributed by atoms with Gasteiger partial charge in [-0.2, -0.15) is 0 Å². The van der Waals surface area contributed by atoms with E-state index in [2.05, 4.69) is 15.5 Å². The van der Waals surface area contributed by atoms with Crippen molar-refractivity contribution in [2.75, 3.05) is 5.32 Å². The third kappa shape index (κ3) is 4.03. The van der Waals surface area contributed by atoms with Crippen molar-refractivity contribution >= 4 is 29.3 Å². The minimum atomic E-state index is -0.511. The molecule has 3 rings (SSSR count). The van der Waals surface area contributed by atoms with Gasteiger partial charge in [-0.15, -0.1) is 10.2 Å². The number of aromatic nitrogens is 3. The fourth-order valence-electron chi connectivity index (χ4n) is 2.44. The second kappa shape index (κ2) is 7.67. The van der Waals surface area contributed by atoms with E-state index in [9.17, 15) is 9.59 Å². The summed E-state index contributed by atoms with van der Waals surface area (Å²) in [6, 6.07) is 8.24. The van der Waals surface area contributed by atoms with Gasteiger partial charge in [0.1, 0.15) is 5.76 Å². The minimum Gasteiger partial charge on any atom is -0.469 e. The van der Waals surface area contributed by atoms with Gasteiger partial charge in [-0.25, -0.2) is 0 Å². The van der Waals surface area contributed by atoms with E-state index in [0.29, 0.717) is 22.2 Å². The van der Waals surface area contributed by atoms with E-state index in [-0.39, 0.29) is 5.91 Å². The molecule has 0 saturated carbocycles. The number of primary amides is 1. The largest absolute Gasteiger partial charge is 0.469 e. The van der Waals surface area contributed by atoms with Gasteiger partial charge in [-0.1, -0.05) is 11.8 Å². The van der Waals surface area contributed by atoms with Crippen molar-refractivity contribution in [3.63, 3.8) is 0 Å². The molecule has 2 aromatic heterocycles. The number of benzene rings is 1. The van der Waals surface area contributed by atoms with Gasteiger partial charge in [0.2, 0.25) is 11.8 Å². The number of anilines is 1. The fraction of sp³-hybridized carbons (Fsp3) is 0.222. The summed E-state index contributed by atoms with van der Waals surface area (Å²) in [6.45, 7) is 3.64. The Kier molecular flexibility index (Phi) is 5.31. The molecule has 8 nitrogen and oxygen atoms in total. The van der Waals surface area contributed by atoms with Crippen LogP contribution >= 0.6 is 11.8 Å². The smallest absolute Gasteiger partial charge is 0.248 e. The maximum Gasteiger partial charge on any atom is 0.248 e.